The maximum Gasteiger partial charge on any atom is 0.306 e. The fraction of sp³-hybridized carbons (Fsp3) is 0.726. The SMILES string of the molecule is CC/C=C\C/C=C\C/C=C\C/C=C\C/C=C\CCCCCCCCCCCCCCCCCCCCCCCC(=O)OC(COC(=O)CCCCCCCCCCCCCCCCC/C=C\C/C=C\C/C=C\C/C=C\C/C=C\CC)COC(OCC[N+](C)(C)C)C(=O)[O-]. The quantitative estimate of drug-likeness (QED) is 0.0195. The van der Waals surface area contributed by atoms with Gasteiger partial charge >= 0.3 is 11.9 Å². The van der Waals surface area contributed by atoms with Gasteiger partial charge in [0.2, 0.25) is 0 Å². The van der Waals surface area contributed by atoms with Crippen molar-refractivity contribution in [3.8, 4) is 0 Å². The van der Waals surface area contributed by atoms with Crippen LogP contribution in [0.15, 0.2) is 122 Å². The number of carboxylic acids is 1. The summed E-state index contributed by atoms with van der Waals surface area (Å²) in [7, 11) is 5.94. The predicted octanol–water partition coefficient (Wildman–Crippen LogP) is 23.4. The number of unbranched alkanes of at least 4 members (excludes halogenated alkanes) is 36. The number of likely N-dealkylation sites (N-methyl/N-ethyl adjacent to an activating group) is 1. The minimum absolute atomic E-state index is 0.146. The average Bonchev–Trinajstić information content (AvgIpc) is 3.73. The number of allylic oxidation sites excluding steroid dienone is 20. The van der Waals surface area contributed by atoms with Gasteiger partial charge < -0.3 is 33.3 Å². The molecule has 9 nitrogen and oxygen atoms in total. The lowest BCUT2D eigenvalue weighted by Crippen LogP contribution is -2.44. The Morgan fingerprint density at radius 3 is 0.860 bits per heavy atom. The third kappa shape index (κ3) is 74.9. The molecule has 0 saturated carbocycles. The Labute approximate surface area is 574 Å². The van der Waals surface area contributed by atoms with Crippen molar-refractivity contribution in [2.45, 2.75) is 347 Å². The summed E-state index contributed by atoms with van der Waals surface area (Å²) in [6.45, 7) is 4.56. The number of hydrogen-bond acceptors (Lipinski definition) is 8. The highest BCUT2D eigenvalue weighted by molar-refractivity contribution is 5.70. The van der Waals surface area contributed by atoms with Crippen LogP contribution in [0.4, 0.5) is 0 Å². The summed E-state index contributed by atoms with van der Waals surface area (Å²) >= 11 is 0. The van der Waals surface area contributed by atoms with Crippen molar-refractivity contribution in [1.82, 2.24) is 0 Å². The topological polar surface area (TPSA) is 111 Å². The van der Waals surface area contributed by atoms with Gasteiger partial charge in [0.05, 0.1) is 40.3 Å². The molecule has 534 valence electrons. The third-order valence-corrected chi connectivity index (χ3v) is 16.7. The molecule has 2 atom stereocenters. The number of carboxylic acid groups (broad SMARTS) is 1. The van der Waals surface area contributed by atoms with E-state index in [-0.39, 0.29) is 38.6 Å². The van der Waals surface area contributed by atoms with E-state index in [0.29, 0.717) is 17.4 Å². The van der Waals surface area contributed by atoms with Crippen LogP contribution in [0.1, 0.15) is 335 Å². The van der Waals surface area contributed by atoms with Gasteiger partial charge in [-0.3, -0.25) is 9.59 Å². The molecule has 0 bridgehead atoms. The van der Waals surface area contributed by atoms with Gasteiger partial charge in [0.15, 0.2) is 12.4 Å². The molecule has 93 heavy (non-hydrogen) atoms. The number of carbonyl (C=O) groups excluding carboxylic acids is 3. The van der Waals surface area contributed by atoms with Crippen molar-refractivity contribution in [1.29, 1.82) is 0 Å². The van der Waals surface area contributed by atoms with Gasteiger partial charge in [0, 0.05) is 12.8 Å². The Morgan fingerprint density at radius 1 is 0.323 bits per heavy atom. The van der Waals surface area contributed by atoms with Crippen LogP contribution < -0.4 is 5.11 Å². The van der Waals surface area contributed by atoms with E-state index >= 15 is 0 Å². The van der Waals surface area contributed by atoms with Crippen molar-refractivity contribution in [2.75, 3.05) is 47.5 Å². The second-order valence-corrected chi connectivity index (χ2v) is 26.9. The zero-order valence-electron chi connectivity index (χ0n) is 61.1. The van der Waals surface area contributed by atoms with Crippen molar-refractivity contribution in [3.63, 3.8) is 0 Å². The molecule has 0 saturated heterocycles. The lowest BCUT2D eigenvalue weighted by molar-refractivity contribution is -0.870. The number of quaternary nitrogens is 1. The van der Waals surface area contributed by atoms with E-state index in [1.807, 2.05) is 21.1 Å². The van der Waals surface area contributed by atoms with Gasteiger partial charge in [-0.2, -0.15) is 0 Å². The molecule has 0 heterocycles. The number of aliphatic carboxylic acids is 1. The predicted molar refractivity (Wildman–Crippen MR) is 398 cm³/mol. The van der Waals surface area contributed by atoms with Crippen molar-refractivity contribution < 1.29 is 42.9 Å². The first kappa shape index (κ1) is 88.7. The van der Waals surface area contributed by atoms with Crippen molar-refractivity contribution >= 4 is 17.9 Å². The Bertz CT molecular complexity index is 1950. The van der Waals surface area contributed by atoms with E-state index in [1.54, 1.807) is 0 Å². The van der Waals surface area contributed by atoms with Gasteiger partial charge in [0.25, 0.3) is 0 Å². The second-order valence-electron chi connectivity index (χ2n) is 26.9. The number of ether oxygens (including phenoxy) is 4. The number of carbonyl (C=O) groups is 3. The first-order valence-electron chi connectivity index (χ1n) is 38.7. The normalized spacial score (nSPS) is 13.3. The summed E-state index contributed by atoms with van der Waals surface area (Å²) in [5, 5.41) is 11.9. The zero-order valence-corrected chi connectivity index (χ0v) is 61.1. The lowest BCUT2D eigenvalue weighted by Gasteiger charge is -2.26. The largest absolute Gasteiger partial charge is 0.545 e. The molecule has 0 amide bonds. The standard InChI is InChI=1S/C84H145NO8/c1-6-8-10-12-14-16-18-20-22-24-26-28-30-32-34-36-38-39-40-41-42-43-45-47-49-51-53-55-57-59-61-63-65-67-69-71-73-75-82(87)93-80(79-92-84(83(88)89)90-77-76-85(3,4)5)78-91-81(86)74-72-70-68-66-64-62-60-58-56-54-52-50-48-46-44-37-35-33-31-29-27-25-23-21-19-17-15-13-11-9-7-2/h8-11,14-17,20-23,26-29,32-35,80,84H,6-7,12-13,18-19,24-25,30-31,36-79H2,1-5H3/b10-8-,11-9-,16-14-,17-15-,22-20-,23-21-,28-26-,29-27-,34-32-,35-33-. The monoisotopic (exact) mass is 1300 g/mol. The smallest absolute Gasteiger partial charge is 0.306 e. The van der Waals surface area contributed by atoms with Crippen LogP contribution in [0, 0.1) is 0 Å². The molecule has 0 radical (unpaired) electrons. The van der Waals surface area contributed by atoms with Gasteiger partial charge in [-0.05, 0) is 103 Å². The molecular weight excluding hydrogens is 1150 g/mol. The molecule has 9 heteroatoms. The molecule has 0 aromatic rings. The van der Waals surface area contributed by atoms with Gasteiger partial charge in [0.1, 0.15) is 13.2 Å². The second kappa shape index (κ2) is 73.5. The number of hydrogen-bond donors (Lipinski definition) is 0. The molecule has 0 N–H and O–H groups in total. The summed E-state index contributed by atoms with van der Waals surface area (Å²) in [4.78, 5) is 37.6. The first-order valence-corrected chi connectivity index (χ1v) is 38.7. The highest BCUT2D eigenvalue weighted by Crippen LogP contribution is 2.18. The molecule has 0 rings (SSSR count). The molecule has 0 aliphatic heterocycles. The van der Waals surface area contributed by atoms with Crippen LogP contribution in [-0.2, 0) is 33.3 Å². The van der Waals surface area contributed by atoms with Crippen LogP contribution in [0.3, 0.4) is 0 Å². The fourth-order valence-electron chi connectivity index (χ4n) is 10.9. The van der Waals surface area contributed by atoms with Gasteiger partial charge in [-0.15, -0.1) is 0 Å². The Kier molecular flexibility index (Phi) is 70.1. The third-order valence-electron chi connectivity index (χ3n) is 16.7. The minimum Gasteiger partial charge on any atom is -0.545 e. The number of rotatable bonds is 71. The molecular formula is C84H145NO8. The van der Waals surface area contributed by atoms with E-state index in [2.05, 4.69) is 135 Å². The Hall–Kier alpha value is -4.31. The van der Waals surface area contributed by atoms with E-state index in [0.717, 1.165) is 96.3 Å². The highest BCUT2D eigenvalue weighted by Gasteiger charge is 2.22. The summed E-state index contributed by atoms with van der Waals surface area (Å²) in [6, 6.07) is 0. The van der Waals surface area contributed by atoms with E-state index < -0.39 is 24.3 Å². The van der Waals surface area contributed by atoms with Crippen LogP contribution in [0.5, 0.6) is 0 Å². The summed E-state index contributed by atoms with van der Waals surface area (Å²) in [5.41, 5.74) is 0. The van der Waals surface area contributed by atoms with Crippen LogP contribution in [0.25, 0.3) is 0 Å². The molecule has 0 fully saturated rings. The lowest BCUT2D eigenvalue weighted by atomic mass is 10.0. The van der Waals surface area contributed by atoms with Crippen molar-refractivity contribution in [2.24, 2.45) is 0 Å². The van der Waals surface area contributed by atoms with Crippen molar-refractivity contribution in [3.05, 3.63) is 122 Å². The zero-order chi connectivity index (χ0) is 67.5. The minimum atomic E-state index is -1.63. The first-order chi connectivity index (χ1) is 45.6. The number of esters is 2. The van der Waals surface area contributed by atoms with E-state index in [4.69, 9.17) is 18.9 Å². The van der Waals surface area contributed by atoms with Crippen LogP contribution in [-0.4, -0.2) is 82.3 Å². The van der Waals surface area contributed by atoms with Crippen LogP contribution >= 0.6 is 0 Å². The average molecular weight is 1300 g/mol. The highest BCUT2D eigenvalue weighted by atomic mass is 16.7. The Morgan fingerprint density at radius 2 is 0.581 bits per heavy atom. The fourth-order valence-corrected chi connectivity index (χ4v) is 10.9. The molecule has 0 aliphatic rings. The van der Waals surface area contributed by atoms with Gasteiger partial charge in [-0.1, -0.05) is 341 Å². The van der Waals surface area contributed by atoms with Gasteiger partial charge in [-0.25, -0.2) is 0 Å². The maximum atomic E-state index is 13.0. The maximum absolute atomic E-state index is 13.0. The number of nitrogens with zero attached hydrogens (tertiary/aromatic N) is 1. The van der Waals surface area contributed by atoms with Crippen LogP contribution in [0.2, 0.25) is 0 Å². The molecule has 0 spiro atoms. The molecule has 0 aromatic carbocycles. The Balaban J connectivity index is 4.03. The molecule has 2 unspecified atom stereocenters. The summed E-state index contributed by atoms with van der Waals surface area (Å²) < 4.78 is 22.9. The summed E-state index contributed by atoms with van der Waals surface area (Å²) in [6.07, 6.45) is 102. The van der Waals surface area contributed by atoms with E-state index in [9.17, 15) is 19.5 Å². The molecule has 0 aliphatic carbocycles. The summed E-state index contributed by atoms with van der Waals surface area (Å²) in [5.74, 6) is -2.27. The molecule has 0 aromatic heterocycles. The van der Waals surface area contributed by atoms with E-state index in [1.165, 1.54) is 205 Å².